The minimum Gasteiger partial charge on any atom is -0.461 e. The molecule has 2 aromatic rings. The second-order valence-corrected chi connectivity index (χ2v) is 5.97. The molecule has 2 rings (SSSR count). The van der Waals surface area contributed by atoms with Crippen molar-refractivity contribution in [2.24, 2.45) is 0 Å². The van der Waals surface area contributed by atoms with E-state index in [9.17, 15) is 0 Å². The van der Waals surface area contributed by atoms with Gasteiger partial charge in [-0.1, -0.05) is 18.2 Å². The fourth-order valence-electron chi connectivity index (χ4n) is 1.52. The first-order valence-electron chi connectivity index (χ1n) is 6.63. The van der Waals surface area contributed by atoms with Crippen LogP contribution in [0.2, 0.25) is 5.28 Å². The molecule has 1 N–H and O–H groups in total. The number of thioether (sulfide) groups is 1. The summed E-state index contributed by atoms with van der Waals surface area (Å²) in [6.45, 7) is 4.53. The molecule has 21 heavy (non-hydrogen) atoms. The molecule has 0 amide bonds. The third-order valence-electron chi connectivity index (χ3n) is 2.33. The lowest BCUT2D eigenvalue weighted by Gasteiger charge is -2.09. The molecule has 0 radical (unpaired) electrons. The summed E-state index contributed by atoms with van der Waals surface area (Å²) < 4.78 is 5.42. The van der Waals surface area contributed by atoms with Gasteiger partial charge in [0.2, 0.25) is 11.2 Å². The van der Waals surface area contributed by atoms with E-state index in [1.54, 1.807) is 11.8 Å². The van der Waals surface area contributed by atoms with Gasteiger partial charge in [-0.2, -0.15) is 15.0 Å². The van der Waals surface area contributed by atoms with Gasteiger partial charge in [0.15, 0.2) is 0 Å². The maximum Gasteiger partial charge on any atom is 0.322 e. The van der Waals surface area contributed by atoms with Crippen LogP contribution in [0, 0.1) is 0 Å². The fourth-order valence-corrected chi connectivity index (χ4v) is 2.46. The Bertz CT molecular complexity index is 568. The van der Waals surface area contributed by atoms with Gasteiger partial charge >= 0.3 is 6.01 Å². The zero-order valence-electron chi connectivity index (χ0n) is 11.9. The summed E-state index contributed by atoms with van der Waals surface area (Å²) in [5.41, 5.74) is 0. The zero-order chi connectivity index (χ0) is 15.1. The van der Waals surface area contributed by atoms with Crippen molar-refractivity contribution in [3.8, 4) is 6.01 Å². The fraction of sp³-hybridized carbons (Fsp3) is 0.357. The number of hydrogen-bond donors (Lipinski definition) is 1. The number of rotatable bonds is 7. The molecule has 1 aromatic carbocycles. The van der Waals surface area contributed by atoms with Crippen LogP contribution in [-0.4, -0.2) is 33.4 Å². The molecule has 5 nitrogen and oxygen atoms in total. The third kappa shape index (κ3) is 5.77. The summed E-state index contributed by atoms with van der Waals surface area (Å²) in [6, 6.07) is 10.5. The Kier molecular flexibility index (Phi) is 6.07. The second kappa shape index (κ2) is 8.05. The highest BCUT2D eigenvalue weighted by Crippen LogP contribution is 2.17. The van der Waals surface area contributed by atoms with Gasteiger partial charge in [-0.3, -0.25) is 0 Å². The van der Waals surface area contributed by atoms with Gasteiger partial charge in [0.25, 0.3) is 0 Å². The summed E-state index contributed by atoms with van der Waals surface area (Å²) in [5, 5.41) is 3.25. The maximum atomic E-state index is 5.85. The SMILES string of the molecule is CC(C)Oc1nc(Cl)nc(NCCSc2ccccc2)n1. The summed E-state index contributed by atoms with van der Waals surface area (Å²) in [5.74, 6) is 1.33. The molecule has 1 aromatic heterocycles. The van der Waals surface area contributed by atoms with E-state index in [1.807, 2.05) is 32.0 Å². The number of anilines is 1. The van der Waals surface area contributed by atoms with E-state index in [1.165, 1.54) is 4.90 Å². The number of halogens is 1. The number of ether oxygens (including phenoxy) is 1. The quantitative estimate of drug-likeness (QED) is 0.621. The average Bonchev–Trinajstić information content (AvgIpc) is 2.43. The first-order chi connectivity index (χ1) is 10.1. The molecule has 0 unspecified atom stereocenters. The van der Waals surface area contributed by atoms with Crippen LogP contribution >= 0.6 is 23.4 Å². The maximum absolute atomic E-state index is 5.85. The first kappa shape index (κ1) is 15.9. The van der Waals surface area contributed by atoms with Gasteiger partial charge in [-0.15, -0.1) is 11.8 Å². The normalized spacial score (nSPS) is 10.7. The van der Waals surface area contributed by atoms with Gasteiger partial charge in [0.1, 0.15) is 0 Å². The minimum absolute atomic E-state index is 0.00930. The molecule has 7 heteroatoms. The lowest BCUT2D eigenvalue weighted by Crippen LogP contribution is -2.12. The van der Waals surface area contributed by atoms with E-state index in [0.29, 0.717) is 5.95 Å². The van der Waals surface area contributed by atoms with Gasteiger partial charge in [-0.25, -0.2) is 0 Å². The Morgan fingerprint density at radius 2 is 1.95 bits per heavy atom. The van der Waals surface area contributed by atoms with Crippen LogP contribution in [0.15, 0.2) is 35.2 Å². The smallest absolute Gasteiger partial charge is 0.322 e. The van der Waals surface area contributed by atoms with Crippen molar-refractivity contribution in [2.45, 2.75) is 24.8 Å². The molecule has 0 aliphatic rings. The monoisotopic (exact) mass is 324 g/mol. The largest absolute Gasteiger partial charge is 0.461 e. The van der Waals surface area contributed by atoms with Gasteiger partial charge in [0, 0.05) is 17.2 Å². The predicted octanol–water partition coefficient (Wildman–Crippen LogP) is 3.52. The molecule has 0 saturated carbocycles. The summed E-state index contributed by atoms with van der Waals surface area (Å²) in [4.78, 5) is 13.4. The van der Waals surface area contributed by atoms with Gasteiger partial charge in [0.05, 0.1) is 6.10 Å². The van der Waals surface area contributed by atoms with Gasteiger partial charge in [-0.05, 0) is 37.6 Å². The zero-order valence-corrected chi connectivity index (χ0v) is 13.5. The number of aromatic nitrogens is 3. The third-order valence-corrected chi connectivity index (χ3v) is 3.51. The van der Waals surface area contributed by atoms with Crippen LogP contribution in [-0.2, 0) is 0 Å². The number of nitrogens with zero attached hydrogens (tertiary/aromatic N) is 3. The topological polar surface area (TPSA) is 59.9 Å². The number of nitrogens with one attached hydrogen (secondary N) is 1. The molecule has 0 spiro atoms. The molecule has 0 bridgehead atoms. The minimum atomic E-state index is -0.00930. The van der Waals surface area contributed by atoms with Crippen molar-refractivity contribution in [1.82, 2.24) is 15.0 Å². The molecule has 0 atom stereocenters. The molecule has 0 fully saturated rings. The lowest BCUT2D eigenvalue weighted by atomic mass is 10.4. The van der Waals surface area contributed by atoms with Crippen LogP contribution in [0.1, 0.15) is 13.8 Å². The molecule has 112 valence electrons. The Hall–Kier alpha value is -1.53. The van der Waals surface area contributed by atoms with Crippen molar-refractivity contribution in [1.29, 1.82) is 0 Å². The number of benzene rings is 1. The second-order valence-electron chi connectivity index (χ2n) is 4.47. The van der Waals surface area contributed by atoms with Crippen LogP contribution < -0.4 is 10.1 Å². The summed E-state index contributed by atoms with van der Waals surface area (Å²) in [7, 11) is 0. The van der Waals surface area contributed by atoms with Crippen LogP contribution in [0.25, 0.3) is 0 Å². The molecule has 0 aliphatic heterocycles. The Morgan fingerprint density at radius 3 is 2.67 bits per heavy atom. The molecule has 0 aliphatic carbocycles. The van der Waals surface area contributed by atoms with Crippen molar-refractivity contribution >= 4 is 29.3 Å². The van der Waals surface area contributed by atoms with Crippen LogP contribution in [0.3, 0.4) is 0 Å². The lowest BCUT2D eigenvalue weighted by molar-refractivity contribution is 0.222. The van der Waals surface area contributed by atoms with Crippen LogP contribution in [0.4, 0.5) is 5.95 Å². The van der Waals surface area contributed by atoms with E-state index in [-0.39, 0.29) is 17.4 Å². The van der Waals surface area contributed by atoms with E-state index in [0.717, 1.165) is 12.3 Å². The van der Waals surface area contributed by atoms with Gasteiger partial charge < -0.3 is 10.1 Å². The molecular formula is C14H17ClN4OS. The van der Waals surface area contributed by atoms with E-state index in [2.05, 4.69) is 32.4 Å². The van der Waals surface area contributed by atoms with E-state index < -0.39 is 0 Å². The van der Waals surface area contributed by atoms with Crippen molar-refractivity contribution in [3.05, 3.63) is 35.6 Å². The van der Waals surface area contributed by atoms with Crippen LogP contribution in [0.5, 0.6) is 6.01 Å². The standard InChI is InChI=1S/C14H17ClN4OS/c1-10(2)20-14-18-12(15)17-13(19-14)16-8-9-21-11-6-4-3-5-7-11/h3-7,10H,8-9H2,1-2H3,(H,16,17,18,19). The Balaban J connectivity index is 1.84. The Labute approximate surface area is 133 Å². The molecular weight excluding hydrogens is 308 g/mol. The highest BCUT2D eigenvalue weighted by molar-refractivity contribution is 7.99. The van der Waals surface area contributed by atoms with Crippen molar-refractivity contribution in [3.63, 3.8) is 0 Å². The molecule has 1 heterocycles. The first-order valence-corrected chi connectivity index (χ1v) is 8.00. The summed E-state index contributed by atoms with van der Waals surface area (Å²) >= 11 is 7.62. The van der Waals surface area contributed by atoms with E-state index in [4.69, 9.17) is 16.3 Å². The summed E-state index contributed by atoms with van der Waals surface area (Å²) in [6.07, 6.45) is -0.00930. The average molecular weight is 325 g/mol. The van der Waals surface area contributed by atoms with Crippen molar-refractivity contribution < 1.29 is 4.74 Å². The molecule has 0 saturated heterocycles. The number of hydrogen-bond acceptors (Lipinski definition) is 6. The highest BCUT2D eigenvalue weighted by atomic mass is 35.5. The van der Waals surface area contributed by atoms with Crippen molar-refractivity contribution in [2.75, 3.05) is 17.6 Å². The van der Waals surface area contributed by atoms with E-state index >= 15 is 0 Å². The Morgan fingerprint density at radius 1 is 1.19 bits per heavy atom. The highest BCUT2D eigenvalue weighted by Gasteiger charge is 2.07. The predicted molar refractivity (Wildman–Crippen MR) is 86.3 cm³/mol.